The number of fused-ring (bicyclic) bond motifs is 1. The number of benzene rings is 3. The van der Waals surface area contributed by atoms with E-state index in [9.17, 15) is 14.0 Å². The Morgan fingerprint density at radius 3 is 2.54 bits per heavy atom. The highest BCUT2D eigenvalue weighted by atomic mass is 19.1. The molecule has 0 heterocycles. The molecular weight excluding hydrogens is 333 g/mol. The summed E-state index contributed by atoms with van der Waals surface area (Å²) in [7, 11) is 0. The van der Waals surface area contributed by atoms with Crippen LogP contribution in [0.3, 0.4) is 0 Å². The molecule has 5 heteroatoms. The molecule has 1 N–H and O–H groups in total. The molecule has 0 saturated carbocycles. The van der Waals surface area contributed by atoms with E-state index in [0.717, 1.165) is 10.8 Å². The van der Waals surface area contributed by atoms with E-state index < -0.39 is 23.8 Å². The molecule has 1 amide bonds. The van der Waals surface area contributed by atoms with Gasteiger partial charge in [0, 0.05) is 5.69 Å². The van der Waals surface area contributed by atoms with Crippen LogP contribution in [0.1, 0.15) is 12.5 Å². The van der Waals surface area contributed by atoms with Crippen molar-refractivity contribution < 1.29 is 18.7 Å². The van der Waals surface area contributed by atoms with Gasteiger partial charge in [0.15, 0.2) is 6.10 Å². The number of nitrogens with one attached hydrogen (secondary N) is 1. The van der Waals surface area contributed by atoms with E-state index in [-0.39, 0.29) is 6.42 Å². The van der Waals surface area contributed by atoms with Crippen LogP contribution in [-0.2, 0) is 20.7 Å². The van der Waals surface area contributed by atoms with Crippen LogP contribution in [0.4, 0.5) is 10.1 Å². The quantitative estimate of drug-likeness (QED) is 0.705. The van der Waals surface area contributed by atoms with E-state index in [1.54, 1.807) is 12.1 Å². The van der Waals surface area contributed by atoms with Crippen LogP contribution >= 0.6 is 0 Å². The van der Waals surface area contributed by atoms with Gasteiger partial charge in [-0.1, -0.05) is 42.5 Å². The number of amides is 1. The van der Waals surface area contributed by atoms with Crippen LogP contribution in [0.5, 0.6) is 0 Å². The number of rotatable bonds is 5. The monoisotopic (exact) mass is 351 g/mol. The van der Waals surface area contributed by atoms with Gasteiger partial charge in [-0.15, -0.1) is 0 Å². The Bertz CT molecular complexity index is 955. The lowest BCUT2D eigenvalue weighted by atomic mass is 10.1. The lowest BCUT2D eigenvalue weighted by Crippen LogP contribution is -2.30. The number of hydrogen-bond acceptors (Lipinski definition) is 3. The van der Waals surface area contributed by atoms with Crippen molar-refractivity contribution >= 4 is 28.3 Å². The predicted molar refractivity (Wildman–Crippen MR) is 98.2 cm³/mol. The first-order chi connectivity index (χ1) is 12.5. The Kier molecular flexibility index (Phi) is 5.27. The van der Waals surface area contributed by atoms with Crippen LogP contribution in [-0.4, -0.2) is 18.0 Å². The summed E-state index contributed by atoms with van der Waals surface area (Å²) in [4.78, 5) is 24.2. The Labute approximate surface area is 150 Å². The average molecular weight is 351 g/mol. The second-order valence-corrected chi connectivity index (χ2v) is 5.99. The van der Waals surface area contributed by atoms with Crippen molar-refractivity contribution in [3.63, 3.8) is 0 Å². The molecule has 1 atom stereocenters. The molecule has 0 fully saturated rings. The van der Waals surface area contributed by atoms with E-state index >= 15 is 0 Å². The van der Waals surface area contributed by atoms with Crippen molar-refractivity contribution in [3.8, 4) is 0 Å². The van der Waals surface area contributed by atoms with Gasteiger partial charge in [-0.2, -0.15) is 0 Å². The molecule has 132 valence electrons. The van der Waals surface area contributed by atoms with Crippen molar-refractivity contribution in [2.75, 3.05) is 5.32 Å². The Hall–Kier alpha value is -3.21. The maximum Gasteiger partial charge on any atom is 0.311 e. The molecule has 0 unspecified atom stereocenters. The number of halogens is 1. The fourth-order valence-corrected chi connectivity index (χ4v) is 2.62. The highest BCUT2D eigenvalue weighted by molar-refractivity contribution is 5.97. The van der Waals surface area contributed by atoms with Gasteiger partial charge in [-0.05, 0) is 47.5 Å². The summed E-state index contributed by atoms with van der Waals surface area (Å²) in [6, 6.07) is 19.1. The third kappa shape index (κ3) is 4.45. The van der Waals surface area contributed by atoms with Gasteiger partial charge in [0.05, 0.1) is 6.42 Å². The lowest BCUT2D eigenvalue weighted by molar-refractivity contribution is -0.152. The second kappa shape index (κ2) is 7.78. The molecule has 0 radical (unpaired) electrons. The van der Waals surface area contributed by atoms with Crippen LogP contribution in [0.2, 0.25) is 0 Å². The first-order valence-corrected chi connectivity index (χ1v) is 8.25. The molecule has 0 saturated heterocycles. The SMILES string of the molecule is C[C@@H](OC(=O)Cc1cccc(F)c1)C(=O)Nc1ccc2ccccc2c1. The number of anilines is 1. The fourth-order valence-electron chi connectivity index (χ4n) is 2.62. The van der Waals surface area contributed by atoms with Crippen molar-refractivity contribution in [1.82, 2.24) is 0 Å². The summed E-state index contributed by atoms with van der Waals surface area (Å²) in [6.07, 6.45) is -1.05. The Morgan fingerprint density at radius 1 is 1.00 bits per heavy atom. The van der Waals surface area contributed by atoms with Crippen molar-refractivity contribution in [2.45, 2.75) is 19.4 Å². The summed E-state index contributed by atoms with van der Waals surface area (Å²) >= 11 is 0. The minimum atomic E-state index is -0.956. The topological polar surface area (TPSA) is 55.4 Å². The molecule has 26 heavy (non-hydrogen) atoms. The van der Waals surface area contributed by atoms with Crippen molar-refractivity contribution in [2.24, 2.45) is 0 Å². The highest BCUT2D eigenvalue weighted by Gasteiger charge is 2.18. The zero-order valence-electron chi connectivity index (χ0n) is 14.2. The number of ether oxygens (including phenoxy) is 1. The first-order valence-electron chi connectivity index (χ1n) is 8.25. The van der Waals surface area contributed by atoms with E-state index in [0.29, 0.717) is 11.3 Å². The van der Waals surface area contributed by atoms with E-state index in [1.807, 2.05) is 36.4 Å². The largest absolute Gasteiger partial charge is 0.452 e. The van der Waals surface area contributed by atoms with Crippen molar-refractivity contribution in [3.05, 3.63) is 78.1 Å². The predicted octanol–water partition coefficient (Wildman–Crippen LogP) is 4.09. The number of carbonyl (C=O) groups is 2. The van der Waals surface area contributed by atoms with Crippen LogP contribution in [0, 0.1) is 5.82 Å². The summed E-state index contributed by atoms with van der Waals surface area (Å²) in [5.74, 6) is -1.43. The summed E-state index contributed by atoms with van der Waals surface area (Å²) in [5, 5.41) is 4.81. The third-order valence-corrected chi connectivity index (χ3v) is 3.93. The van der Waals surface area contributed by atoms with Gasteiger partial charge < -0.3 is 10.1 Å². The van der Waals surface area contributed by atoms with E-state index in [2.05, 4.69) is 5.32 Å². The van der Waals surface area contributed by atoms with Gasteiger partial charge >= 0.3 is 5.97 Å². The molecule has 3 aromatic carbocycles. The molecular formula is C21H18FNO3. The molecule has 4 nitrogen and oxygen atoms in total. The lowest BCUT2D eigenvalue weighted by Gasteiger charge is -2.14. The van der Waals surface area contributed by atoms with Gasteiger partial charge in [0.25, 0.3) is 5.91 Å². The zero-order chi connectivity index (χ0) is 18.5. The van der Waals surface area contributed by atoms with Gasteiger partial charge in [0.2, 0.25) is 0 Å². The molecule has 0 aromatic heterocycles. The Balaban J connectivity index is 1.59. The third-order valence-electron chi connectivity index (χ3n) is 3.93. The molecule has 3 rings (SSSR count). The van der Waals surface area contributed by atoms with Crippen molar-refractivity contribution in [1.29, 1.82) is 0 Å². The minimum absolute atomic E-state index is 0.0919. The summed E-state index contributed by atoms with van der Waals surface area (Å²) in [6.45, 7) is 1.50. The molecule has 0 bridgehead atoms. The van der Waals surface area contributed by atoms with Gasteiger partial charge in [-0.3, -0.25) is 9.59 Å². The van der Waals surface area contributed by atoms with Crippen LogP contribution < -0.4 is 5.32 Å². The molecule has 0 aliphatic heterocycles. The maximum atomic E-state index is 13.1. The zero-order valence-corrected chi connectivity index (χ0v) is 14.2. The summed E-state index contributed by atoms with van der Waals surface area (Å²) < 4.78 is 18.3. The molecule has 0 aliphatic rings. The molecule has 3 aromatic rings. The van der Waals surface area contributed by atoms with E-state index in [1.165, 1.54) is 25.1 Å². The second-order valence-electron chi connectivity index (χ2n) is 5.99. The Morgan fingerprint density at radius 2 is 1.77 bits per heavy atom. The minimum Gasteiger partial charge on any atom is -0.452 e. The van der Waals surface area contributed by atoms with Gasteiger partial charge in [-0.25, -0.2) is 4.39 Å². The van der Waals surface area contributed by atoms with Crippen LogP contribution in [0.15, 0.2) is 66.7 Å². The standard InChI is InChI=1S/C21H18FNO3/c1-14(26-20(24)12-15-5-4-8-18(22)11-15)21(25)23-19-10-9-16-6-2-3-7-17(16)13-19/h2-11,13-14H,12H2,1H3,(H,23,25)/t14-/m1/s1. The molecule has 0 spiro atoms. The fraction of sp³-hybridized carbons (Fsp3) is 0.143. The summed E-state index contributed by atoms with van der Waals surface area (Å²) in [5.41, 5.74) is 1.12. The van der Waals surface area contributed by atoms with E-state index in [4.69, 9.17) is 4.74 Å². The highest BCUT2D eigenvalue weighted by Crippen LogP contribution is 2.19. The van der Waals surface area contributed by atoms with Crippen LogP contribution in [0.25, 0.3) is 10.8 Å². The molecule has 0 aliphatic carbocycles. The first kappa shape index (κ1) is 17.6. The normalized spacial score (nSPS) is 11.8. The number of hydrogen-bond donors (Lipinski definition) is 1. The maximum absolute atomic E-state index is 13.1. The number of esters is 1. The number of carbonyl (C=O) groups excluding carboxylic acids is 2. The average Bonchev–Trinajstić information content (AvgIpc) is 2.61. The van der Waals surface area contributed by atoms with Gasteiger partial charge in [0.1, 0.15) is 5.82 Å². The smallest absolute Gasteiger partial charge is 0.311 e.